The van der Waals surface area contributed by atoms with E-state index in [9.17, 15) is 0 Å². The van der Waals surface area contributed by atoms with E-state index in [1.54, 1.807) is 0 Å². The van der Waals surface area contributed by atoms with Gasteiger partial charge in [-0.1, -0.05) is 66.7 Å². The van der Waals surface area contributed by atoms with Gasteiger partial charge in [0, 0.05) is 22.1 Å². The number of rotatable bonds is 2. The Morgan fingerprint density at radius 1 is 0.538 bits per heavy atom. The molecule has 0 fully saturated rings. The Bertz CT molecular complexity index is 1220. The van der Waals surface area contributed by atoms with Crippen LogP contribution in [0, 0.1) is 0 Å². The molecule has 2 heteroatoms. The molecule has 124 valence electrons. The van der Waals surface area contributed by atoms with Crippen LogP contribution in [0.15, 0.2) is 97.1 Å². The summed E-state index contributed by atoms with van der Waals surface area (Å²) in [7, 11) is 0. The summed E-state index contributed by atoms with van der Waals surface area (Å²) >= 11 is 0. The Hall–Kier alpha value is -3.52. The van der Waals surface area contributed by atoms with Crippen LogP contribution >= 0.6 is 0 Å². The van der Waals surface area contributed by atoms with Crippen LogP contribution in [0.3, 0.4) is 0 Å². The predicted molar refractivity (Wildman–Crippen MR) is 111 cm³/mol. The van der Waals surface area contributed by atoms with Crippen molar-refractivity contribution in [3.63, 3.8) is 0 Å². The molecule has 0 aliphatic rings. The Morgan fingerprint density at radius 3 is 1.88 bits per heavy atom. The molecular weight excluding hydrogens is 316 g/mol. The average Bonchev–Trinajstić information content (AvgIpc) is 3.02. The maximum absolute atomic E-state index is 6.10. The van der Waals surface area contributed by atoms with Crippen LogP contribution in [0.5, 0.6) is 0 Å². The van der Waals surface area contributed by atoms with Crippen LogP contribution in [0.2, 0.25) is 0 Å². The van der Waals surface area contributed by atoms with E-state index in [1.165, 1.54) is 27.4 Å². The van der Waals surface area contributed by atoms with Gasteiger partial charge in [0.05, 0.1) is 11.0 Å². The highest BCUT2D eigenvalue weighted by molar-refractivity contribution is 6.10. The van der Waals surface area contributed by atoms with E-state index in [0.717, 1.165) is 16.9 Å². The number of fused-ring (bicyclic) bond motifs is 3. The summed E-state index contributed by atoms with van der Waals surface area (Å²) < 4.78 is 2.30. The van der Waals surface area contributed by atoms with Crippen molar-refractivity contribution in [3.8, 4) is 16.8 Å². The topological polar surface area (TPSA) is 30.9 Å². The largest absolute Gasteiger partial charge is 0.399 e. The van der Waals surface area contributed by atoms with Crippen LogP contribution < -0.4 is 5.73 Å². The maximum Gasteiger partial charge on any atom is 0.0561 e. The van der Waals surface area contributed by atoms with E-state index < -0.39 is 0 Å². The van der Waals surface area contributed by atoms with Gasteiger partial charge in [0.2, 0.25) is 0 Å². The molecule has 0 spiro atoms. The molecule has 0 radical (unpaired) electrons. The quantitative estimate of drug-likeness (QED) is 0.392. The number of aromatic nitrogens is 1. The molecule has 4 aromatic carbocycles. The van der Waals surface area contributed by atoms with Gasteiger partial charge >= 0.3 is 0 Å². The van der Waals surface area contributed by atoms with E-state index >= 15 is 0 Å². The van der Waals surface area contributed by atoms with Gasteiger partial charge in [-0.05, 0) is 41.5 Å². The van der Waals surface area contributed by atoms with Gasteiger partial charge in [0.25, 0.3) is 0 Å². The van der Waals surface area contributed by atoms with Crippen LogP contribution in [-0.4, -0.2) is 4.57 Å². The number of nitrogen functional groups attached to an aromatic ring is 1. The molecule has 5 aromatic rings. The minimum atomic E-state index is 0.778. The Labute approximate surface area is 152 Å². The summed E-state index contributed by atoms with van der Waals surface area (Å²) in [5, 5.41) is 2.46. The minimum absolute atomic E-state index is 0.778. The smallest absolute Gasteiger partial charge is 0.0561 e. The third kappa shape index (κ3) is 2.27. The number of nitrogens with zero attached hydrogens (tertiary/aromatic N) is 1. The lowest BCUT2D eigenvalue weighted by molar-refractivity contribution is 1.18. The Balaban J connectivity index is 1.89. The lowest BCUT2D eigenvalue weighted by Crippen LogP contribution is -1.94. The number of nitrogens with two attached hydrogens (primary N) is 1. The summed E-state index contributed by atoms with van der Waals surface area (Å²) in [6.07, 6.45) is 0. The molecule has 0 bridgehead atoms. The highest BCUT2D eigenvalue weighted by Gasteiger charge is 2.13. The highest BCUT2D eigenvalue weighted by atomic mass is 15.0. The molecule has 0 saturated heterocycles. The van der Waals surface area contributed by atoms with Gasteiger partial charge in [-0.3, -0.25) is 0 Å². The second kappa shape index (κ2) is 5.78. The van der Waals surface area contributed by atoms with Gasteiger partial charge in [0.15, 0.2) is 0 Å². The molecule has 2 nitrogen and oxygen atoms in total. The summed E-state index contributed by atoms with van der Waals surface area (Å²) in [4.78, 5) is 0. The van der Waals surface area contributed by atoms with Crippen molar-refractivity contribution in [2.24, 2.45) is 0 Å². The first-order valence-corrected chi connectivity index (χ1v) is 8.76. The third-order valence-electron chi connectivity index (χ3n) is 4.91. The molecule has 0 saturated carbocycles. The standard InChI is InChI=1S/C24H18N2/c25-19-12-14-22-21-13-11-18(17-7-3-1-4-8-17)15-23(21)26(24(22)16-19)20-9-5-2-6-10-20/h1-16H,25H2. The molecule has 0 aliphatic heterocycles. The third-order valence-corrected chi connectivity index (χ3v) is 4.91. The molecule has 1 aromatic heterocycles. The number of anilines is 1. The summed E-state index contributed by atoms with van der Waals surface area (Å²) in [5.41, 5.74) is 12.8. The number of hydrogen-bond acceptors (Lipinski definition) is 1. The first-order chi connectivity index (χ1) is 12.8. The predicted octanol–water partition coefficient (Wildman–Crippen LogP) is 6.03. The highest BCUT2D eigenvalue weighted by Crippen LogP contribution is 2.35. The Kier molecular flexibility index (Phi) is 3.29. The van der Waals surface area contributed by atoms with E-state index in [1.807, 2.05) is 18.2 Å². The first kappa shape index (κ1) is 14.8. The minimum Gasteiger partial charge on any atom is -0.399 e. The fraction of sp³-hybridized carbons (Fsp3) is 0. The van der Waals surface area contributed by atoms with Crippen LogP contribution in [0.25, 0.3) is 38.6 Å². The average molecular weight is 334 g/mol. The molecule has 5 rings (SSSR count). The zero-order chi connectivity index (χ0) is 17.5. The fourth-order valence-corrected chi connectivity index (χ4v) is 3.70. The lowest BCUT2D eigenvalue weighted by atomic mass is 10.0. The Morgan fingerprint density at radius 2 is 1.15 bits per heavy atom. The van der Waals surface area contributed by atoms with E-state index in [-0.39, 0.29) is 0 Å². The molecule has 0 amide bonds. The molecule has 0 unspecified atom stereocenters. The SMILES string of the molecule is Nc1ccc2c3ccc(-c4ccccc4)cc3n(-c3ccccc3)c2c1. The van der Waals surface area contributed by atoms with Gasteiger partial charge in [-0.15, -0.1) is 0 Å². The van der Waals surface area contributed by atoms with Crippen molar-refractivity contribution in [2.45, 2.75) is 0 Å². The molecule has 1 heterocycles. The molecular formula is C24H18N2. The number of para-hydroxylation sites is 1. The van der Waals surface area contributed by atoms with Crippen molar-refractivity contribution in [3.05, 3.63) is 97.1 Å². The molecule has 0 atom stereocenters. The maximum atomic E-state index is 6.10. The van der Waals surface area contributed by atoms with Crippen molar-refractivity contribution in [2.75, 3.05) is 5.73 Å². The summed E-state index contributed by atoms with van der Waals surface area (Å²) in [5.74, 6) is 0. The van der Waals surface area contributed by atoms with Crippen molar-refractivity contribution >= 4 is 27.5 Å². The molecule has 0 aliphatic carbocycles. The van der Waals surface area contributed by atoms with Gasteiger partial charge in [0.1, 0.15) is 0 Å². The normalized spacial score (nSPS) is 11.2. The van der Waals surface area contributed by atoms with E-state index in [4.69, 9.17) is 5.73 Å². The molecule has 26 heavy (non-hydrogen) atoms. The lowest BCUT2D eigenvalue weighted by Gasteiger charge is -2.09. The van der Waals surface area contributed by atoms with E-state index in [0.29, 0.717) is 0 Å². The number of hydrogen-bond donors (Lipinski definition) is 1. The van der Waals surface area contributed by atoms with Gasteiger partial charge < -0.3 is 10.3 Å². The van der Waals surface area contributed by atoms with Crippen molar-refractivity contribution in [1.29, 1.82) is 0 Å². The van der Waals surface area contributed by atoms with Crippen LogP contribution in [0.1, 0.15) is 0 Å². The number of benzene rings is 4. The fourth-order valence-electron chi connectivity index (χ4n) is 3.70. The van der Waals surface area contributed by atoms with Crippen LogP contribution in [-0.2, 0) is 0 Å². The zero-order valence-corrected chi connectivity index (χ0v) is 14.3. The van der Waals surface area contributed by atoms with Crippen molar-refractivity contribution in [1.82, 2.24) is 4.57 Å². The molecule has 2 N–H and O–H groups in total. The monoisotopic (exact) mass is 334 g/mol. The first-order valence-electron chi connectivity index (χ1n) is 8.76. The second-order valence-corrected chi connectivity index (χ2v) is 6.55. The van der Waals surface area contributed by atoms with Crippen LogP contribution in [0.4, 0.5) is 5.69 Å². The second-order valence-electron chi connectivity index (χ2n) is 6.55. The van der Waals surface area contributed by atoms with Crippen molar-refractivity contribution < 1.29 is 0 Å². The zero-order valence-electron chi connectivity index (χ0n) is 14.3. The summed E-state index contributed by atoms with van der Waals surface area (Å²) in [6, 6.07) is 33.8. The summed E-state index contributed by atoms with van der Waals surface area (Å²) in [6.45, 7) is 0. The van der Waals surface area contributed by atoms with E-state index in [2.05, 4.69) is 83.4 Å². The van der Waals surface area contributed by atoms with Gasteiger partial charge in [-0.2, -0.15) is 0 Å². The van der Waals surface area contributed by atoms with Gasteiger partial charge in [-0.25, -0.2) is 0 Å².